The van der Waals surface area contributed by atoms with Crippen LogP contribution < -0.4 is 11.1 Å². The molecule has 0 aliphatic carbocycles. The Morgan fingerprint density at radius 3 is 1.92 bits per heavy atom. The SMILES string of the molecule is C=C/C=C\c1c(C)nn2c(=O)c3c(/C=C\C=C)c(C=C)nn3c(=O)c12. The van der Waals surface area contributed by atoms with Crippen molar-refractivity contribution >= 4 is 29.3 Å². The van der Waals surface area contributed by atoms with Crippen LogP contribution in [-0.4, -0.2) is 19.2 Å². The van der Waals surface area contributed by atoms with Crippen LogP contribution in [0.2, 0.25) is 0 Å². The van der Waals surface area contributed by atoms with Crippen LogP contribution >= 0.6 is 0 Å². The predicted octanol–water partition coefficient (Wildman–Crippen LogP) is 2.49. The van der Waals surface area contributed by atoms with E-state index in [1.165, 1.54) is 6.08 Å². The first-order chi connectivity index (χ1) is 12.0. The Labute approximate surface area is 143 Å². The topological polar surface area (TPSA) is 68.7 Å². The smallest absolute Gasteiger partial charge is 0.265 e. The maximum atomic E-state index is 13.0. The average molecular weight is 332 g/mol. The van der Waals surface area contributed by atoms with E-state index in [9.17, 15) is 9.59 Å². The van der Waals surface area contributed by atoms with Crippen molar-refractivity contribution in [2.24, 2.45) is 0 Å². The lowest BCUT2D eigenvalue weighted by atomic mass is 10.2. The normalized spacial score (nSPS) is 11.9. The Morgan fingerprint density at radius 2 is 1.36 bits per heavy atom. The lowest BCUT2D eigenvalue weighted by Gasteiger charge is -1.96. The third-order valence-corrected chi connectivity index (χ3v) is 3.84. The molecular formula is C19H16N4O2. The molecule has 6 heteroatoms. The van der Waals surface area contributed by atoms with Crippen molar-refractivity contribution in [3.63, 3.8) is 0 Å². The highest BCUT2D eigenvalue weighted by atomic mass is 16.2. The second kappa shape index (κ2) is 6.16. The molecule has 0 atom stereocenters. The standard InChI is InChI=1S/C19H16N4O2/c1-5-8-10-13-12(4)20-22-16(13)18(24)23-17(19(22)25)14(11-9-6-2)15(7-3)21-23/h5-11H,1-3H2,4H3/b10-8-,11-9-. The summed E-state index contributed by atoms with van der Waals surface area (Å²) >= 11 is 0. The lowest BCUT2D eigenvalue weighted by Crippen LogP contribution is -2.27. The van der Waals surface area contributed by atoms with Gasteiger partial charge in [0.2, 0.25) is 0 Å². The third-order valence-electron chi connectivity index (χ3n) is 3.84. The first kappa shape index (κ1) is 16.3. The van der Waals surface area contributed by atoms with Crippen molar-refractivity contribution in [1.29, 1.82) is 0 Å². The zero-order valence-corrected chi connectivity index (χ0v) is 13.8. The van der Waals surface area contributed by atoms with Crippen LogP contribution in [0.15, 0.2) is 53.6 Å². The second-order valence-electron chi connectivity index (χ2n) is 5.32. The van der Waals surface area contributed by atoms with Crippen molar-refractivity contribution < 1.29 is 0 Å². The van der Waals surface area contributed by atoms with Crippen LogP contribution in [0, 0.1) is 6.92 Å². The number of aromatic nitrogens is 4. The van der Waals surface area contributed by atoms with E-state index in [4.69, 9.17) is 0 Å². The number of allylic oxidation sites excluding steroid dienone is 4. The van der Waals surface area contributed by atoms with Gasteiger partial charge in [0.05, 0.1) is 11.4 Å². The molecule has 0 aliphatic rings. The minimum absolute atomic E-state index is 0.159. The summed E-state index contributed by atoms with van der Waals surface area (Å²) in [7, 11) is 0. The lowest BCUT2D eigenvalue weighted by molar-refractivity contribution is 0.842. The molecule has 0 amide bonds. The summed E-state index contributed by atoms with van der Waals surface area (Å²) in [5.74, 6) is 0. The van der Waals surface area contributed by atoms with Crippen molar-refractivity contribution in [3.05, 3.63) is 87.3 Å². The van der Waals surface area contributed by atoms with Crippen LogP contribution in [0.1, 0.15) is 22.5 Å². The molecule has 3 aromatic heterocycles. The van der Waals surface area contributed by atoms with Gasteiger partial charge in [0, 0.05) is 11.1 Å². The van der Waals surface area contributed by atoms with E-state index in [2.05, 4.69) is 29.9 Å². The summed E-state index contributed by atoms with van der Waals surface area (Å²) < 4.78 is 2.25. The maximum Gasteiger partial charge on any atom is 0.298 e. The number of nitrogens with zero attached hydrogens (tertiary/aromatic N) is 4. The maximum absolute atomic E-state index is 13.0. The number of aryl methyl sites for hydroxylation is 1. The monoisotopic (exact) mass is 332 g/mol. The number of rotatable bonds is 5. The van der Waals surface area contributed by atoms with Crippen molar-refractivity contribution in [2.45, 2.75) is 6.92 Å². The van der Waals surface area contributed by atoms with E-state index in [-0.39, 0.29) is 11.0 Å². The fraction of sp³-hybridized carbons (Fsp3) is 0.0526. The van der Waals surface area contributed by atoms with Gasteiger partial charge in [-0.05, 0) is 13.0 Å². The second-order valence-corrected chi connectivity index (χ2v) is 5.32. The number of hydrogen-bond acceptors (Lipinski definition) is 4. The highest BCUT2D eigenvalue weighted by Crippen LogP contribution is 2.18. The minimum atomic E-state index is -0.416. The van der Waals surface area contributed by atoms with Gasteiger partial charge in [-0.15, -0.1) is 0 Å². The first-order valence-electron chi connectivity index (χ1n) is 7.57. The van der Waals surface area contributed by atoms with E-state index < -0.39 is 11.1 Å². The van der Waals surface area contributed by atoms with Gasteiger partial charge in [-0.3, -0.25) is 9.59 Å². The van der Waals surface area contributed by atoms with Gasteiger partial charge in [-0.25, -0.2) is 0 Å². The molecule has 0 aliphatic heterocycles. The molecule has 0 bridgehead atoms. The number of hydrogen-bond donors (Lipinski definition) is 0. The number of fused-ring (bicyclic) bond motifs is 2. The van der Waals surface area contributed by atoms with Gasteiger partial charge in [0.15, 0.2) is 0 Å². The molecule has 3 heterocycles. The fourth-order valence-corrected chi connectivity index (χ4v) is 2.74. The summed E-state index contributed by atoms with van der Waals surface area (Å²) in [6.07, 6.45) is 11.4. The van der Waals surface area contributed by atoms with Crippen LogP contribution in [0.3, 0.4) is 0 Å². The molecule has 25 heavy (non-hydrogen) atoms. The van der Waals surface area contributed by atoms with Gasteiger partial charge in [0.25, 0.3) is 11.1 Å². The molecule has 124 valence electrons. The quantitative estimate of drug-likeness (QED) is 0.673. The molecule has 6 nitrogen and oxygen atoms in total. The minimum Gasteiger partial charge on any atom is -0.265 e. The molecular weight excluding hydrogens is 316 g/mol. The zero-order chi connectivity index (χ0) is 18.1. The summed E-state index contributed by atoms with van der Waals surface area (Å²) in [5.41, 5.74) is 1.62. The van der Waals surface area contributed by atoms with Gasteiger partial charge < -0.3 is 0 Å². The molecule has 0 N–H and O–H groups in total. The summed E-state index contributed by atoms with van der Waals surface area (Å²) in [5, 5.41) is 8.48. The Morgan fingerprint density at radius 1 is 0.840 bits per heavy atom. The van der Waals surface area contributed by atoms with E-state index >= 15 is 0 Å². The molecule has 0 saturated carbocycles. The molecule has 3 rings (SSSR count). The Hall–Kier alpha value is -3.54. The molecule has 3 aromatic rings. The summed E-state index contributed by atoms with van der Waals surface area (Å²) in [6, 6.07) is 0. The van der Waals surface area contributed by atoms with Crippen LogP contribution in [0.5, 0.6) is 0 Å². The molecule has 0 unspecified atom stereocenters. The highest BCUT2D eigenvalue weighted by Gasteiger charge is 2.21. The molecule has 0 fully saturated rings. The van der Waals surface area contributed by atoms with Gasteiger partial charge >= 0.3 is 0 Å². The van der Waals surface area contributed by atoms with Crippen LogP contribution in [-0.2, 0) is 0 Å². The van der Waals surface area contributed by atoms with E-state index in [1.807, 2.05) is 0 Å². The van der Waals surface area contributed by atoms with Crippen molar-refractivity contribution in [1.82, 2.24) is 19.2 Å². The van der Waals surface area contributed by atoms with Crippen LogP contribution in [0.25, 0.3) is 29.3 Å². The van der Waals surface area contributed by atoms with Gasteiger partial charge in [0.1, 0.15) is 11.0 Å². The molecule has 0 aromatic carbocycles. The summed E-state index contributed by atoms with van der Waals surface area (Å²) in [4.78, 5) is 25.9. The van der Waals surface area contributed by atoms with Gasteiger partial charge in [-0.1, -0.05) is 56.2 Å². The Balaban J connectivity index is 2.57. The third kappa shape index (κ3) is 2.35. The van der Waals surface area contributed by atoms with E-state index in [0.717, 1.165) is 9.03 Å². The predicted molar refractivity (Wildman–Crippen MR) is 101 cm³/mol. The van der Waals surface area contributed by atoms with Gasteiger partial charge in [-0.2, -0.15) is 19.2 Å². The molecule has 0 spiro atoms. The molecule has 0 saturated heterocycles. The Bertz CT molecular complexity index is 1190. The first-order valence-corrected chi connectivity index (χ1v) is 7.57. The summed E-state index contributed by atoms with van der Waals surface area (Å²) in [6.45, 7) is 12.7. The largest absolute Gasteiger partial charge is 0.298 e. The van der Waals surface area contributed by atoms with E-state index in [1.54, 1.807) is 43.4 Å². The van der Waals surface area contributed by atoms with Crippen molar-refractivity contribution in [2.75, 3.05) is 0 Å². The zero-order valence-electron chi connectivity index (χ0n) is 13.8. The van der Waals surface area contributed by atoms with Crippen LogP contribution in [0.4, 0.5) is 0 Å². The van der Waals surface area contributed by atoms with E-state index in [0.29, 0.717) is 22.5 Å². The molecule has 0 radical (unpaired) electrons. The Kier molecular flexibility index (Phi) is 4.02. The van der Waals surface area contributed by atoms with Crippen molar-refractivity contribution in [3.8, 4) is 0 Å². The highest BCUT2D eigenvalue weighted by molar-refractivity contribution is 5.79. The average Bonchev–Trinajstić information content (AvgIpc) is 3.14. The fourth-order valence-electron chi connectivity index (χ4n) is 2.74.